The van der Waals surface area contributed by atoms with Crippen LogP contribution in [0.15, 0.2) is 0 Å². The molecule has 2 aliphatic heterocycles. The standard InChI is InChI=1S/C15H25NO3S/c1-14(2,3)19-12(17)11-7-5-9-16(11)13(18)15(4)8-6-10-20-15/h11H,5-10H2,1-4H3/t11-,15?/m0/s1. The molecule has 20 heavy (non-hydrogen) atoms. The number of amides is 1. The Hall–Kier alpha value is -0.710. The molecule has 0 aliphatic carbocycles. The van der Waals surface area contributed by atoms with Gasteiger partial charge in [0.2, 0.25) is 5.91 Å². The van der Waals surface area contributed by atoms with Gasteiger partial charge in [0.25, 0.3) is 0 Å². The van der Waals surface area contributed by atoms with Gasteiger partial charge in [0.15, 0.2) is 0 Å². The van der Waals surface area contributed by atoms with Crippen molar-refractivity contribution in [3.8, 4) is 0 Å². The molecule has 2 heterocycles. The third-order valence-corrected chi connectivity index (χ3v) is 5.37. The molecule has 2 atom stereocenters. The van der Waals surface area contributed by atoms with E-state index in [2.05, 4.69) is 0 Å². The zero-order chi connectivity index (χ0) is 15.0. The van der Waals surface area contributed by atoms with E-state index in [-0.39, 0.29) is 22.7 Å². The van der Waals surface area contributed by atoms with E-state index < -0.39 is 5.60 Å². The average Bonchev–Trinajstić information content (AvgIpc) is 2.94. The van der Waals surface area contributed by atoms with Crippen molar-refractivity contribution in [1.29, 1.82) is 0 Å². The van der Waals surface area contributed by atoms with Gasteiger partial charge in [-0.25, -0.2) is 4.79 Å². The quantitative estimate of drug-likeness (QED) is 0.735. The molecule has 0 N–H and O–H groups in total. The molecule has 114 valence electrons. The Morgan fingerprint density at radius 1 is 1.30 bits per heavy atom. The summed E-state index contributed by atoms with van der Waals surface area (Å²) in [5.41, 5.74) is -0.500. The van der Waals surface area contributed by atoms with Crippen LogP contribution in [0.3, 0.4) is 0 Å². The predicted octanol–water partition coefficient (Wildman–Crippen LogP) is 2.60. The molecule has 0 bridgehead atoms. The minimum absolute atomic E-state index is 0.119. The first kappa shape index (κ1) is 15.7. The van der Waals surface area contributed by atoms with Crippen molar-refractivity contribution in [2.75, 3.05) is 12.3 Å². The Morgan fingerprint density at radius 2 is 2.00 bits per heavy atom. The third-order valence-electron chi connectivity index (χ3n) is 3.86. The maximum Gasteiger partial charge on any atom is 0.329 e. The summed E-state index contributed by atoms with van der Waals surface area (Å²) in [7, 11) is 0. The number of carbonyl (C=O) groups is 2. The van der Waals surface area contributed by atoms with Crippen LogP contribution in [0.4, 0.5) is 0 Å². The van der Waals surface area contributed by atoms with Crippen LogP contribution in [-0.2, 0) is 14.3 Å². The first-order chi connectivity index (χ1) is 9.23. The highest BCUT2D eigenvalue weighted by Gasteiger charge is 2.45. The number of carbonyl (C=O) groups excluding carboxylic acids is 2. The van der Waals surface area contributed by atoms with Gasteiger partial charge in [0.05, 0.1) is 4.75 Å². The number of rotatable bonds is 2. The van der Waals surface area contributed by atoms with E-state index in [1.165, 1.54) is 0 Å². The molecule has 2 saturated heterocycles. The van der Waals surface area contributed by atoms with Gasteiger partial charge in [-0.05, 0) is 59.1 Å². The van der Waals surface area contributed by atoms with E-state index in [4.69, 9.17) is 4.74 Å². The molecule has 2 aliphatic rings. The number of ether oxygens (including phenoxy) is 1. The molecular weight excluding hydrogens is 274 g/mol. The molecule has 0 aromatic rings. The lowest BCUT2D eigenvalue weighted by molar-refractivity contribution is -0.163. The van der Waals surface area contributed by atoms with E-state index in [0.717, 1.165) is 31.4 Å². The summed E-state index contributed by atoms with van der Waals surface area (Å²) in [6.07, 6.45) is 3.60. The number of esters is 1. The van der Waals surface area contributed by atoms with Crippen molar-refractivity contribution in [2.45, 2.75) is 69.8 Å². The zero-order valence-corrected chi connectivity index (χ0v) is 13.7. The summed E-state index contributed by atoms with van der Waals surface area (Å²) in [6.45, 7) is 8.27. The number of thioether (sulfide) groups is 1. The summed E-state index contributed by atoms with van der Waals surface area (Å²) >= 11 is 1.72. The lowest BCUT2D eigenvalue weighted by Gasteiger charge is -2.32. The Labute approximate surface area is 125 Å². The average molecular weight is 299 g/mol. The Morgan fingerprint density at radius 3 is 2.55 bits per heavy atom. The van der Waals surface area contributed by atoms with Crippen LogP contribution >= 0.6 is 11.8 Å². The number of likely N-dealkylation sites (tertiary alicyclic amines) is 1. The summed E-state index contributed by atoms with van der Waals surface area (Å²) < 4.78 is 5.12. The van der Waals surface area contributed by atoms with Crippen LogP contribution in [0, 0.1) is 0 Å². The van der Waals surface area contributed by atoms with Crippen molar-refractivity contribution in [3.05, 3.63) is 0 Å². The first-order valence-corrected chi connectivity index (χ1v) is 8.39. The van der Waals surface area contributed by atoms with Crippen LogP contribution in [0.25, 0.3) is 0 Å². The molecule has 1 unspecified atom stereocenters. The van der Waals surface area contributed by atoms with Crippen molar-refractivity contribution >= 4 is 23.6 Å². The van der Waals surface area contributed by atoms with Gasteiger partial charge in [-0.1, -0.05) is 0 Å². The second-order valence-corrected chi connectivity index (χ2v) is 8.47. The number of hydrogen-bond acceptors (Lipinski definition) is 4. The smallest absolute Gasteiger partial charge is 0.329 e. The second kappa shape index (κ2) is 5.58. The zero-order valence-electron chi connectivity index (χ0n) is 12.9. The summed E-state index contributed by atoms with van der Waals surface area (Å²) in [5, 5.41) is 0. The van der Waals surface area contributed by atoms with E-state index in [1.54, 1.807) is 16.7 Å². The van der Waals surface area contributed by atoms with Gasteiger partial charge in [-0.3, -0.25) is 4.79 Å². The minimum atomic E-state index is -0.500. The predicted molar refractivity (Wildman–Crippen MR) is 80.7 cm³/mol. The molecule has 0 saturated carbocycles. The highest BCUT2D eigenvalue weighted by Crippen LogP contribution is 2.40. The Kier molecular flexibility index (Phi) is 4.38. The normalized spacial score (nSPS) is 30.6. The Balaban J connectivity index is 2.07. The molecule has 2 fully saturated rings. The van der Waals surface area contributed by atoms with Crippen molar-refractivity contribution in [1.82, 2.24) is 4.90 Å². The van der Waals surface area contributed by atoms with E-state index in [9.17, 15) is 9.59 Å². The van der Waals surface area contributed by atoms with Crippen LogP contribution in [0.2, 0.25) is 0 Å². The fraction of sp³-hybridized carbons (Fsp3) is 0.867. The van der Waals surface area contributed by atoms with E-state index >= 15 is 0 Å². The number of hydrogen-bond donors (Lipinski definition) is 0. The van der Waals surface area contributed by atoms with Crippen LogP contribution in [-0.4, -0.2) is 45.5 Å². The first-order valence-electron chi connectivity index (χ1n) is 7.41. The van der Waals surface area contributed by atoms with Crippen LogP contribution < -0.4 is 0 Å². The second-order valence-electron chi connectivity index (χ2n) is 6.87. The topological polar surface area (TPSA) is 46.6 Å². The summed E-state index contributed by atoms with van der Waals surface area (Å²) in [6, 6.07) is -0.389. The SMILES string of the molecule is CC(C)(C)OC(=O)[C@@H]1CCCN1C(=O)C1(C)CCCS1. The van der Waals surface area contributed by atoms with Gasteiger partial charge >= 0.3 is 5.97 Å². The highest BCUT2D eigenvalue weighted by molar-refractivity contribution is 8.01. The Bertz CT molecular complexity index is 396. The lowest BCUT2D eigenvalue weighted by atomic mass is 10.0. The molecule has 0 aromatic heterocycles. The molecule has 0 spiro atoms. The van der Waals surface area contributed by atoms with Crippen molar-refractivity contribution < 1.29 is 14.3 Å². The molecule has 4 nitrogen and oxygen atoms in total. The van der Waals surface area contributed by atoms with Crippen LogP contribution in [0.1, 0.15) is 53.4 Å². The maximum absolute atomic E-state index is 12.7. The maximum atomic E-state index is 12.7. The lowest BCUT2D eigenvalue weighted by Crippen LogP contribution is -2.50. The van der Waals surface area contributed by atoms with Crippen LogP contribution in [0.5, 0.6) is 0 Å². The summed E-state index contributed by atoms with van der Waals surface area (Å²) in [4.78, 5) is 26.8. The molecule has 1 amide bonds. The third kappa shape index (κ3) is 3.30. The summed E-state index contributed by atoms with van der Waals surface area (Å²) in [5.74, 6) is 0.899. The number of nitrogens with zero attached hydrogens (tertiary/aromatic N) is 1. The fourth-order valence-electron chi connectivity index (χ4n) is 2.88. The van der Waals surface area contributed by atoms with E-state index in [0.29, 0.717) is 6.54 Å². The molecular formula is C15H25NO3S. The molecule has 2 rings (SSSR count). The van der Waals surface area contributed by atoms with E-state index in [1.807, 2.05) is 27.7 Å². The van der Waals surface area contributed by atoms with Gasteiger partial charge in [-0.2, -0.15) is 0 Å². The fourth-order valence-corrected chi connectivity index (χ4v) is 4.14. The van der Waals surface area contributed by atoms with Gasteiger partial charge in [0.1, 0.15) is 11.6 Å². The van der Waals surface area contributed by atoms with Crippen molar-refractivity contribution in [2.24, 2.45) is 0 Å². The molecule has 0 radical (unpaired) electrons. The molecule has 0 aromatic carbocycles. The van der Waals surface area contributed by atoms with Gasteiger partial charge < -0.3 is 9.64 Å². The molecule has 5 heteroatoms. The van der Waals surface area contributed by atoms with Gasteiger partial charge in [0, 0.05) is 6.54 Å². The minimum Gasteiger partial charge on any atom is -0.458 e. The largest absolute Gasteiger partial charge is 0.458 e. The van der Waals surface area contributed by atoms with Crippen molar-refractivity contribution in [3.63, 3.8) is 0 Å². The van der Waals surface area contributed by atoms with Gasteiger partial charge in [-0.15, -0.1) is 11.8 Å². The monoisotopic (exact) mass is 299 g/mol. The highest BCUT2D eigenvalue weighted by atomic mass is 32.2.